The van der Waals surface area contributed by atoms with E-state index in [-0.39, 0.29) is 0 Å². The second-order valence-electron chi connectivity index (χ2n) is 5.22. The zero-order chi connectivity index (χ0) is 13.4. The van der Waals surface area contributed by atoms with Crippen LogP contribution in [0.15, 0.2) is 30.3 Å². The van der Waals surface area contributed by atoms with Gasteiger partial charge in [-0.3, -0.25) is 0 Å². The van der Waals surface area contributed by atoms with Crippen LogP contribution >= 0.6 is 0 Å². The molecule has 0 saturated carbocycles. The molecule has 0 unspecified atom stereocenters. The number of hydrogen-bond acceptors (Lipinski definition) is 5. The molecule has 0 radical (unpaired) electrons. The van der Waals surface area contributed by atoms with Gasteiger partial charge in [0, 0.05) is 25.1 Å². The van der Waals surface area contributed by atoms with Crippen molar-refractivity contribution >= 4 is 5.82 Å². The zero-order valence-corrected chi connectivity index (χ0v) is 11.1. The third kappa shape index (κ3) is 2.10. The lowest BCUT2D eigenvalue weighted by Gasteiger charge is -2.28. The summed E-state index contributed by atoms with van der Waals surface area (Å²) in [6, 6.07) is 10.7. The fourth-order valence-electron chi connectivity index (χ4n) is 2.51. The van der Waals surface area contributed by atoms with Crippen molar-refractivity contribution < 1.29 is 4.74 Å². The van der Waals surface area contributed by atoms with Crippen molar-refractivity contribution in [2.75, 3.05) is 25.0 Å². The van der Waals surface area contributed by atoms with Crippen LogP contribution < -0.4 is 15.4 Å². The first-order valence-electron chi connectivity index (χ1n) is 6.95. The minimum Gasteiger partial charge on any atom is -0.493 e. The molecule has 3 heterocycles. The Morgan fingerprint density at radius 3 is 2.85 bits per heavy atom. The minimum atomic E-state index is 0.479. The van der Waals surface area contributed by atoms with Gasteiger partial charge in [0.25, 0.3) is 0 Å². The standard InChI is InChI=1S/C15H16N4O/c1-3-14-11(5-6-20-14)7-10(1)13-2-4-15(19-18-13)17-12-8-16-9-12/h1-4,7,12,16H,5-6,8-9H2,(H,17,19). The summed E-state index contributed by atoms with van der Waals surface area (Å²) in [6.45, 7) is 2.77. The zero-order valence-electron chi connectivity index (χ0n) is 11.1. The monoisotopic (exact) mass is 268 g/mol. The van der Waals surface area contributed by atoms with Crippen molar-refractivity contribution in [3.63, 3.8) is 0 Å². The molecular weight excluding hydrogens is 252 g/mol. The molecule has 0 amide bonds. The third-order valence-corrected chi connectivity index (χ3v) is 3.78. The third-order valence-electron chi connectivity index (χ3n) is 3.78. The van der Waals surface area contributed by atoms with Gasteiger partial charge in [0.2, 0.25) is 0 Å². The van der Waals surface area contributed by atoms with Gasteiger partial charge in [0.1, 0.15) is 11.6 Å². The second-order valence-corrected chi connectivity index (χ2v) is 5.22. The Kier molecular flexibility index (Phi) is 2.77. The van der Waals surface area contributed by atoms with E-state index in [1.54, 1.807) is 0 Å². The maximum atomic E-state index is 5.52. The number of fused-ring (bicyclic) bond motifs is 1. The van der Waals surface area contributed by atoms with Gasteiger partial charge in [-0.1, -0.05) is 0 Å². The number of ether oxygens (including phenoxy) is 1. The molecule has 102 valence electrons. The number of anilines is 1. The summed E-state index contributed by atoms with van der Waals surface area (Å²) in [5.74, 6) is 1.84. The number of benzene rings is 1. The molecule has 0 spiro atoms. The van der Waals surface area contributed by atoms with Gasteiger partial charge in [-0.15, -0.1) is 10.2 Å². The number of hydrogen-bond donors (Lipinski definition) is 2. The molecular formula is C15H16N4O. The molecule has 5 nitrogen and oxygen atoms in total. The van der Waals surface area contributed by atoms with Gasteiger partial charge < -0.3 is 15.4 Å². The molecule has 1 saturated heterocycles. The maximum Gasteiger partial charge on any atom is 0.148 e. The van der Waals surface area contributed by atoms with Gasteiger partial charge in [-0.2, -0.15) is 0 Å². The van der Waals surface area contributed by atoms with Crippen molar-refractivity contribution in [2.45, 2.75) is 12.5 Å². The van der Waals surface area contributed by atoms with E-state index in [1.165, 1.54) is 5.56 Å². The van der Waals surface area contributed by atoms with Crippen molar-refractivity contribution in [1.82, 2.24) is 15.5 Å². The van der Waals surface area contributed by atoms with Crippen LogP contribution in [0.25, 0.3) is 11.3 Å². The molecule has 2 N–H and O–H groups in total. The topological polar surface area (TPSA) is 59.1 Å². The highest BCUT2D eigenvalue weighted by molar-refractivity contribution is 5.63. The van der Waals surface area contributed by atoms with E-state index < -0.39 is 0 Å². The Labute approximate surface area is 117 Å². The smallest absolute Gasteiger partial charge is 0.148 e. The van der Waals surface area contributed by atoms with E-state index in [9.17, 15) is 0 Å². The molecule has 1 fully saturated rings. The van der Waals surface area contributed by atoms with Crippen LogP contribution in [-0.4, -0.2) is 35.9 Å². The summed E-state index contributed by atoms with van der Waals surface area (Å²) >= 11 is 0. The Morgan fingerprint density at radius 2 is 2.10 bits per heavy atom. The van der Waals surface area contributed by atoms with Crippen molar-refractivity contribution in [3.05, 3.63) is 35.9 Å². The molecule has 0 aliphatic carbocycles. The number of nitrogens with one attached hydrogen (secondary N) is 2. The molecule has 2 aliphatic heterocycles. The molecule has 1 aromatic heterocycles. The van der Waals surface area contributed by atoms with Crippen LogP contribution in [0.4, 0.5) is 5.82 Å². The largest absolute Gasteiger partial charge is 0.493 e. The van der Waals surface area contributed by atoms with E-state index in [4.69, 9.17) is 4.74 Å². The maximum absolute atomic E-state index is 5.52. The van der Waals surface area contributed by atoms with Gasteiger partial charge >= 0.3 is 0 Å². The van der Waals surface area contributed by atoms with Crippen molar-refractivity contribution in [3.8, 4) is 17.0 Å². The average Bonchev–Trinajstić information content (AvgIpc) is 2.91. The number of nitrogens with zero attached hydrogens (tertiary/aromatic N) is 2. The highest BCUT2D eigenvalue weighted by Gasteiger charge is 2.17. The van der Waals surface area contributed by atoms with E-state index in [1.807, 2.05) is 24.3 Å². The van der Waals surface area contributed by atoms with Gasteiger partial charge in [0.05, 0.1) is 18.3 Å². The fourth-order valence-corrected chi connectivity index (χ4v) is 2.51. The number of aromatic nitrogens is 2. The van der Waals surface area contributed by atoms with Gasteiger partial charge in [-0.25, -0.2) is 0 Å². The van der Waals surface area contributed by atoms with Crippen LogP contribution in [0.1, 0.15) is 5.56 Å². The summed E-state index contributed by atoms with van der Waals surface area (Å²) in [5.41, 5.74) is 3.25. The number of rotatable bonds is 3. The first-order valence-corrected chi connectivity index (χ1v) is 6.95. The van der Waals surface area contributed by atoms with Crippen LogP contribution in [0.2, 0.25) is 0 Å². The average molecular weight is 268 g/mol. The lowest BCUT2D eigenvalue weighted by atomic mass is 10.1. The van der Waals surface area contributed by atoms with Crippen LogP contribution in [0.3, 0.4) is 0 Å². The lowest BCUT2D eigenvalue weighted by molar-refractivity contribution is 0.357. The van der Waals surface area contributed by atoms with E-state index in [2.05, 4.69) is 26.9 Å². The first-order chi connectivity index (χ1) is 9.88. The Hall–Kier alpha value is -2.14. The van der Waals surface area contributed by atoms with Gasteiger partial charge in [0.15, 0.2) is 0 Å². The molecule has 0 bridgehead atoms. The first kappa shape index (κ1) is 11.7. The molecule has 2 aliphatic rings. The van der Waals surface area contributed by atoms with E-state index in [0.29, 0.717) is 6.04 Å². The Bertz CT molecular complexity index is 622. The Balaban J connectivity index is 1.55. The molecule has 5 heteroatoms. The normalized spacial score (nSPS) is 17.2. The molecule has 4 rings (SSSR count). The molecule has 1 aromatic carbocycles. The second kappa shape index (κ2) is 4.76. The quantitative estimate of drug-likeness (QED) is 0.882. The predicted octanol–water partition coefficient (Wildman–Crippen LogP) is 1.46. The van der Waals surface area contributed by atoms with Crippen molar-refractivity contribution in [2.24, 2.45) is 0 Å². The highest BCUT2D eigenvalue weighted by Crippen LogP contribution is 2.29. The van der Waals surface area contributed by atoms with Gasteiger partial charge in [-0.05, 0) is 35.9 Å². The predicted molar refractivity (Wildman–Crippen MR) is 76.9 cm³/mol. The summed E-state index contributed by atoms with van der Waals surface area (Å²) in [6.07, 6.45) is 0.977. The van der Waals surface area contributed by atoms with Crippen LogP contribution in [0.5, 0.6) is 5.75 Å². The molecule has 20 heavy (non-hydrogen) atoms. The SMILES string of the molecule is c1cc2c(cc1-c1ccc(NC3CNC3)nn1)CCO2. The highest BCUT2D eigenvalue weighted by atomic mass is 16.5. The summed E-state index contributed by atoms with van der Waals surface area (Å²) in [7, 11) is 0. The van der Waals surface area contributed by atoms with E-state index >= 15 is 0 Å². The van der Waals surface area contributed by atoms with Crippen LogP contribution in [-0.2, 0) is 6.42 Å². The summed E-state index contributed by atoms with van der Waals surface area (Å²) in [4.78, 5) is 0. The fraction of sp³-hybridized carbons (Fsp3) is 0.333. The lowest BCUT2D eigenvalue weighted by Crippen LogP contribution is -2.51. The van der Waals surface area contributed by atoms with E-state index in [0.717, 1.165) is 48.9 Å². The molecule has 0 atom stereocenters. The summed E-state index contributed by atoms with van der Waals surface area (Å²) < 4.78 is 5.52. The molecule has 2 aromatic rings. The Morgan fingerprint density at radius 1 is 1.15 bits per heavy atom. The summed E-state index contributed by atoms with van der Waals surface area (Å²) in [5, 5.41) is 15.1. The van der Waals surface area contributed by atoms with Crippen molar-refractivity contribution in [1.29, 1.82) is 0 Å². The van der Waals surface area contributed by atoms with Crippen LogP contribution in [0, 0.1) is 0 Å². The minimum absolute atomic E-state index is 0.479.